The van der Waals surface area contributed by atoms with Gasteiger partial charge in [0.1, 0.15) is 5.75 Å². The van der Waals surface area contributed by atoms with Crippen LogP contribution in [-0.2, 0) is 4.79 Å². The Morgan fingerprint density at radius 2 is 1.89 bits per heavy atom. The van der Waals surface area contributed by atoms with Crippen molar-refractivity contribution in [2.75, 3.05) is 23.8 Å². The molecule has 0 aliphatic carbocycles. The van der Waals surface area contributed by atoms with Crippen molar-refractivity contribution in [3.63, 3.8) is 0 Å². The quantitative estimate of drug-likeness (QED) is 0.642. The number of carbonyl (C=O) groups is 2. The number of ether oxygens (including phenoxy) is 1. The lowest BCUT2D eigenvalue weighted by atomic mass is 10.2. The molecule has 10 heteroatoms. The number of carbonyl (C=O) groups excluding carboxylic acids is 2. The van der Waals surface area contributed by atoms with Crippen molar-refractivity contribution in [2.45, 2.75) is 6.42 Å². The molecule has 3 amide bonds. The molecular weight excluding hydrogens is 380 g/mol. The Kier molecular flexibility index (Phi) is 4.85. The highest BCUT2D eigenvalue weighted by atomic mass is 32.1. The maximum atomic E-state index is 11.5. The molecule has 1 aliphatic rings. The van der Waals surface area contributed by atoms with Crippen LogP contribution in [0.15, 0.2) is 42.9 Å². The molecule has 0 unspecified atom stereocenters. The fourth-order valence-corrected chi connectivity index (χ4v) is 3.42. The first-order chi connectivity index (χ1) is 13.6. The summed E-state index contributed by atoms with van der Waals surface area (Å²) < 4.78 is 5.62. The summed E-state index contributed by atoms with van der Waals surface area (Å²) in [4.78, 5) is 37.9. The van der Waals surface area contributed by atoms with E-state index in [0.717, 1.165) is 22.1 Å². The average molecular weight is 396 g/mol. The Morgan fingerprint density at radius 1 is 1.14 bits per heavy atom. The van der Waals surface area contributed by atoms with Crippen LogP contribution in [0.1, 0.15) is 6.42 Å². The van der Waals surface area contributed by atoms with Crippen LogP contribution in [0.2, 0.25) is 0 Å². The molecule has 0 bridgehead atoms. The molecule has 1 fully saturated rings. The van der Waals surface area contributed by atoms with Gasteiger partial charge in [-0.1, -0.05) is 11.3 Å². The molecule has 9 nitrogen and oxygen atoms in total. The predicted molar refractivity (Wildman–Crippen MR) is 105 cm³/mol. The highest BCUT2D eigenvalue weighted by Crippen LogP contribution is 2.34. The molecular formula is C18H16N6O3S. The van der Waals surface area contributed by atoms with E-state index in [-0.39, 0.29) is 17.9 Å². The van der Waals surface area contributed by atoms with E-state index < -0.39 is 0 Å². The molecule has 1 aromatic carbocycles. The number of aromatic nitrogens is 3. The summed E-state index contributed by atoms with van der Waals surface area (Å²) in [5.41, 5.74) is 1.44. The van der Waals surface area contributed by atoms with Crippen LogP contribution in [0.5, 0.6) is 11.8 Å². The molecule has 0 atom stereocenters. The first-order valence-electron chi connectivity index (χ1n) is 8.47. The van der Waals surface area contributed by atoms with E-state index in [9.17, 15) is 9.59 Å². The van der Waals surface area contributed by atoms with Gasteiger partial charge in [-0.05, 0) is 29.8 Å². The Balaban J connectivity index is 1.41. The molecule has 0 spiro atoms. The minimum Gasteiger partial charge on any atom is -0.424 e. The van der Waals surface area contributed by atoms with E-state index in [4.69, 9.17) is 4.74 Å². The smallest absolute Gasteiger partial charge is 0.322 e. The predicted octanol–water partition coefficient (Wildman–Crippen LogP) is 2.88. The maximum absolute atomic E-state index is 11.5. The number of hydrogen-bond donors (Lipinski definition) is 2. The number of hydrogen-bond acceptors (Lipinski definition) is 7. The van der Waals surface area contributed by atoms with Gasteiger partial charge in [-0.3, -0.25) is 9.69 Å². The van der Waals surface area contributed by atoms with E-state index in [1.54, 1.807) is 11.1 Å². The van der Waals surface area contributed by atoms with Crippen molar-refractivity contribution >= 4 is 34.1 Å². The van der Waals surface area contributed by atoms with Crippen molar-refractivity contribution in [3.05, 3.63) is 42.9 Å². The Morgan fingerprint density at radius 3 is 2.50 bits per heavy atom. The fourth-order valence-electron chi connectivity index (χ4n) is 2.46. The molecule has 1 saturated heterocycles. The zero-order valence-corrected chi connectivity index (χ0v) is 15.7. The monoisotopic (exact) mass is 396 g/mol. The Hall–Kier alpha value is -3.53. The molecule has 0 saturated carbocycles. The van der Waals surface area contributed by atoms with E-state index in [1.807, 2.05) is 24.3 Å². The summed E-state index contributed by atoms with van der Waals surface area (Å²) in [6, 6.07) is 7.26. The topological polar surface area (TPSA) is 109 Å². The molecule has 2 aromatic heterocycles. The third-order valence-electron chi connectivity index (χ3n) is 4.04. The van der Waals surface area contributed by atoms with E-state index in [1.165, 1.54) is 30.8 Å². The Labute approximate surface area is 164 Å². The van der Waals surface area contributed by atoms with E-state index >= 15 is 0 Å². The molecule has 0 radical (unpaired) electrons. The third kappa shape index (κ3) is 3.76. The number of nitrogens with one attached hydrogen (secondary N) is 2. The molecule has 4 rings (SSSR count). The molecule has 142 valence electrons. The number of nitrogens with zero attached hydrogens (tertiary/aromatic N) is 4. The number of thiazole rings is 1. The van der Waals surface area contributed by atoms with Crippen LogP contribution in [-0.4, -0.2) is 40.5 Å². The van der Waals surface area contributed by atoms with Crippen molar-refractivity contribution in [1.82, 2.24) is 20.3 Å². The first kappa shape index (κ1) is 17.9. The molecule has 3 heterocycles. The minimum absolute atomic E-state index is 0.112. The van der Waals surface area contributed by atoms with Gasteiger partial charge in [0.25, 0.3) is 0 Å². The van der Waals surface area contributed by atoms with Crippen LogP contribution in [0, 0.1) is 0 Å². The van der Waals surface area contributed by atoms with Gasteiger partial charge in [0.15, 0.2) is 5.13 Å². The van der Waals surface area contributed by atoms with Gasteiger partial charge in [0, 0.05) is 26.2 Å². The number of amides is 3. The highest BCUT2D eigenvalue weighted by Gasteiger charge is 2.27. The normalized spacial score (nSPS) is 13.0. The molecule has 1 aliphatic heterocycles. The fraction of sp³-hybridized carbons (Fsp3) is 0.167. The highest BCUT2D eigenvalue weighted by molar-refractivity contribution is 7.19. The number of benzene rings is 1. The van der Waals surface area contributed by atoms with Crippen LogP contribution in [0.25, 0.3) is 10.4 Å². The summed E-state index contributed by atoms with van der Waals surface area (Å²) in [6.07, 6.45) is 5.28. The van der Waals surface area contributed by atoms with E-state index in [0.29, 0.717) is 17.9 Å². The van der Waals surface area contributed by atoms with Crippen molar-refractivity contribution in [3.8, 4) is 22.2 Å². The zero-order valence-electron chi connectivity index (χ0n) is 14.9. The van der Waals surface area contributed by atoms with Gasteiger partial charge >= 0.3 is 12.0 Å². The molecule has 3 aromatic rings. The number of anilines is 2. The van der Waals surface area contributed by atoms with Crippen LogP contribution >= 0.6 is 11.3 Å². The van der Waals surface area contributed by atoms with Crippen LogP contribution < -0.4 is 20.3 Å². The second-order valence-corrected chi connectivity index (χ2v) is 6.90. The van der Waals surface area contributed by atoms with Crippen LogP contribution in [0.4, 0.5) is 15.6 Å². The summed E-state index contributed by atoms with van der Waals surface area (Å²) in [7, 11) is 1.52. The van der Waals surface area contributed by atoms with Gasteiger partial charge in [-0.15, -0.1) is 0 Å². The molecule has 2 N–H and O–H groups in total. The lowest BCUT2D eigenvalue weighted by Gasteiger charge is -2.27. The van der Waals surface area contributed by atoms with Crippen molar-refractivity contribution in [1.29, 1.82) is 0 Å². The zero-order chi connectivity index (χ0) is 19.5. The van der Waals surface area contributed by atoms with Crippen molar-refractivity contribution < 1.29 is 14.3 Å². The SMILES string of the molecule is CNC(=O)Nc1cnc(Oc2ccc(-c3cnc(N4CCC4=O)s3)cc2)nc1. The number of urea groups is 1. The largest absolute Gasteiger partial charge is 0.424 e. The summed E-state index contributed by atoms with van der Waals surface area (Å²) >= 11 is 1.48. The first-order valence-corrected chi connectivity index (χ1v) is 9.29. The second-order valence-electron chi connectivity index (χ2n) is 5.89. The summed E-state index contributed by atoms with van der Waals surface area (Å²) in [5, 5.41) is 5.74. The lowest BCUT2D eigenvalue weighted by Crippen LogP contribution is -2.43. The van der Waals surface area contributed by atoms with E-state index in [2.05, 4.69) is 25.6 Å². The minimum atomic E-state index is -0.349. The number of rotatable bonds is 5. The van der Waals surface area contributed by atoms with Crippen LogP contribution in [0.3, 0.4) is 0 Å². The summed E-state index contributed by atoms with van der Waals surface area (Å²) in [5.74, 6) is 0.694. The molecule has 28 heavy (non-hydrogen) atoms. The van der Waals surface area contributed by atoms with Gasteiger partial charge in [0.05, 0.1) is 23.0 Å². The average Bonchev–Trinajstić information content (AvgIpc) is 3.18. The Bertz CT molecular complexity index is 1000. The van der Waals surface area contributed by atoms with Gasteiger partial charge in [-0.25, -0.2) is 19.7 Å². The summed E-state index contributed by atoms with van der Waals surface area (Å²) in [6.45, 7) is 0.732. The third-order valence-corrected chi connectivity index (χ3v) is 5.11. The second kappa shape index (κ2) is 7.61. The maximum Gasteiger partial charge on any atom is 0.322 e. The standard InChI is InChI=1S/C18H16N6O3S/c1-19-16(26)23-12-8-20-17(21-9-12)27-13-4-2-11(3-5-13)14-10-22-18(28-14)24-7-6-15(24)25/h2-5,8-10H,6-7H2,1H3,(H2,19,23,26). The van der Waals surface area contributed by atoms with Gasteiger partial charge in [0.2, 0.25) is 5.91 Å². The number of β-lactam (4-membered cyclic amide) rings is 1. The van der Waals surface area contributed by atoms with Gasteiger partial charge < -0.3 is 15.4 Å². The lowest BCUT2D eigenvalue weighted by molar-refractivity contribution is -0.122. The van der Waals surface area contributed by atoms with Gasteiger partial charge in [-0.2, -0.15) is 0 Å². The van der Waals surface area contributed by atoms with Crippen molar-refractivity contribution in [2.24, 2.45) is 0 Å².